The lowest BCUT2D eigenvalue weighted by Crippen LogP contribution is -1.97. The van der Waals surface area contributed by atoms with Gasteiger partial charge in [-0.2, -0.15) is 0 Å². The Morgan fingerprint density at radius 3 is 2.53 bits per heavy atom. The van der Waals surface area contributed by atoms with E-state index in [1.54, 1.807) is 18.2 Å². The van der Waals surface area contributed by atoms with Crippen LogP contribution in [0.4, 0.5) is 0 Å². The molecule has 1 aromatic carbocycles. The third-order valence-electron chi connectivity index (χ3n) is 2.54. The van der Waals surface area contributed by atoms with Crippen LogP contribution in [0.1, 0.15) is 33.0 Å². The maximum absolute atomic E-state index is 12.1. The predicted molar refractivity (Wildman–Crippen MR) is 68.7 cm³/mol. The third-order valence-corrected chi connectivity index (χ3v) is 3.82. The molecule has 0 aliphatic rings. The summed E-state index contributed by atoms with van der Waals surface area (Å²) < 4.78 is 0. The highest BCUT2D eigenvalue weighted by Gasteiger charge is 2.13. The van der Waals surface area contributed by atoms with Gasteiger partial charge in [-0.3, -0.25) is 4.79 Å². The Morgan fingerprint density at radius 1 is 1.18 bits per heavy atom. The van der Waals surface area contributed by atoms with Gasteiger partial charge in [0.2, 0.25) is 5.78 Å². The van der Waals surface area contributed by atoms with Gasteiger partial charge in [-0.1, -0.05) is 37.3 Å². The van der Waals surface area contributed by atoms with Crippen LogP contribution in [0.15, 0.2) is 42.5 Å². The lowest BCUT2D eigenvalue weighted by atomic mass is 10.1. The summed E-state index contributed by atoms with van der Waals surface area (Å²) in [5.41, 5.74) is 0.680. The van der Waals surface area contributed by atoms with E-state index in [0.717, 1.165) is 11.2 Å². The molecule has 0 radical (unpaired) electrons. The van der Waals surface area contributed by atoms with Crippen LogP contribution in [-0.2, 0) is 4.79 Å². The number of carbonyl (C=O) groups is 2. The Morgan fingerprint density at radius 2 is 1.88 bits per heavy atom. The van der Waals surface area contributed by atoms with E-state index in [0.29, 0.717) is 10.4 Å². The third kappa shape index (κ3) is 2.50. The van der Waals surface area contributed by atoms with E-state index < -0.39 is 0 Å². The van der Waals surface area contributed by atoms with Crippen LogP contribution >= 0.6 is 11.3 Å². The quantitative estimate of drug-likeness (QED) is 0.611. The summed E-state index contributed by atoms with van der Waals surface area (Å²) in [6.45, 7) is 1.83. The number of rotatable bonds is 4. The van der Waals surface area contributed by atoms with Crippen LogP contribution in [0.25, 0.3) is 0 Å². The van der Waals surface area contributed by atoms with Crippen LogP contribution in [0.2, 0.25) is 0 Å². The van der Waals surface area contributed by atoms with Crippen LogP contribution in [0.3, 0.4) is 0 Å². The first-order valence-electron chi connectivity index (χ1n) is 5.37. The van der Waals surface area contributed by atoms with Crippen LogP contribution in [-0.4, -0.2) is 12.1 Å². The van der Waals surface area contributed by atoms with Gasteiger partial charge in [0.1, 0.15) is 6.29 Å². The van der Waals surface area contributed by atoms with Crippen LogP contribution in [0, 0.1) is 0 Å². The van der Waals surface area contributed by atoms with Crippen LogP contribution < -0.4 is 0 Å². The van der Waals surface area contributed by atoms with Gasteiger partial charge in [-0.05, 0) is 12.1 Å². The van der Waals surface area contributed by atoms with Crippen molar-refractivity contribution >= 4 is 23.4 Å². The number of ketones is 1. The summed E-state index contributed by atoms with van der Waals surface area (Å²) in [5.74, 6) is -0.128. The van der Waals surface area contributed by atoms with Crippen molar-refractivity contribution in [2.45, 2.75) is 12.8 Å². The molecule has 0 spiro atoms. The molecule has 2 aromatic rings. The van der Waals surface area contributed by atoms with Crippen molar-refractivity contribution < 1.29 is 9.59 Å². The molecular weight excluding hydrogens is 232 g/mol. The van der Waals surface area contributed by atoms with E-state index in [1.807, 2.05) is 31.2 Å². The first kappa shape index (κ1) is 11.7. The van der Waals surface area contributed by atoms with Gasteiger partial charge in [-0.15, -0.1) is 11.3 Å². The van der Waals surface area contributed by atoms with Crippen molar-refractivity contribution in [3.8, 4) is 0 Å². The minimum Gasteiger partial charge on any atom is -0.303 e. The minimum absolute atomic E-state index is 0.0138. The second-order valence-corrected chi connectivity index (χ2v) is 4.94. The predicted octanol–water partition coefficient (Wildman–Crippen LogP) is 3.28. The number of aldehydes is 1. The van der Waals surface area contributed by atoms with Crippen LogP contribution in [0.5, 0.6) is 0 Å². The molecule has 1 heterocycles. The summed E-state index contributed by atoms with van der Waals surface area (Å²) >= 11 is 1.39. The van der Waals surface area contributed by atoms with E-state index in [9.17, 15) is 9.59 Å². The molecule has 1 atom stereocenters. The second-order valence-electron chi connectivity index (χ2n) is 3.82. The van der Waals surface area contributed by atoms with Gasteiger partial charge in [0.15, 0.2) is 0 Å². The summed E-state index contributed by atoms with van der Waals surface area (Å²) in [5, 5.41) is 0. The molecule has 0 saturated carbocycles. The number of benzene rings is 1. The Labute approximate surface area is 104 Å². The van der Waals surface area contributed by atoms with E-state index in [-0.39, 0.29) is 11.7 Å². The lowest BCUT2D eigenvalue weighted by molar-refractivity contribution is -0.108. The summed E-state index contributed by atoms with van der Waals surface area (Å²) in [7, 11) is 0. The zero-order valence-electron chi connectivity index (χ0n) is 9.42. The average Bonchev–Trinajstić information content (AvgIpc) is 2.87. The molecule has 0 amide bonds. The number of thiophene rings is 1. The van der Waals surface area contributed by atoms with E-state index >= 15 is 0 Å². The maximum Gasteiger partial charge on any atom is 0.202 e. The average molecular weight is 244 g/mol. The molecule has 0 fully saturated rings. The van der Waals surface area contributed by atoms with Crippen molar-refractivity contribution in [1.29, 1.82) is 0 Å². The molecule has 0 aliphatic carbocycles. The molecule has 86 valence electrons. The molecule has 2 nitrogen and oxygen atoms in total. The molecule has 1 unspecified atom stereocenters. The van der Waals surface area contributed by atoms with Crippen molar-refractivity contribution in [3.05, 3.63) is 57.8 Å². The Balaban J connectivity index is 2.27. The first-order chi connectivity index (χ1) is 8.22. The standard InChI is InChI=1S/C14H12O2S/c1-10(9-15)12-7-8-13(17-12)14(16)11-5-3-2-4-6-11/h2-10H,1H3. The van der Waals surface area contributed by atoms with Crippen molar-refractivity contribution in [3.63, 3.8) is 0 Å². The molecule has 1 aromatic heterocycles. The monoisotopic (exact) mass is 244 g/mol. The Kier molecular flexibility index (Phi) is 3.49. The fraction of sp³-hybridized carbons (Fsp3) is 0.143. The number of hydrogen-bond acceptors (Lipinski definition) is 3. The summed E-state index contributed by atoms with van der Waals surface area (Å²) in [4.78, 5) is 24.4. The first-order valence-corrected chi connectivity index (χ1v) is 6.19. The van der Waals surface area contributed by atoms with Gasteiger partial charge in [0.25, 0.3) is 0 Å². The molecule has 2 rings (SSSR count). The van der Waals surface area contributed by atoms with Gasteiger partial charge >= 0.3 is 0 Å². The maximum atomic E-state index is 12.1. The normalized spacial score (nSPS) is 12.1. The van der Waals surface area contributed by atoms with Crippen molar-refractivity contribution in [2.24, 2.45) is 0 Å². The van der Waals surface area contributed by atoms with Crippen molar-refractivity contribution in [1.82, 2.24) is 0 Å². The van der Waals surface area contributed by atoms with Gasteiger partial charge in [0.05, 0.1) is 4.88 Å². The molecule has 3 heteroatoms. The zero-order chi connectivity index (χ0) is 12.3. The fourth-order valence-corrected chi connectivity index (χ4v) is 2.50. The molecule has 0 N–H and O–H groups in total. The number of carbonyl (C=O) groups excluding carboxylic acids is 2. The molecule has 0 bridgehead atoms. The lowest BCUT2D eigenvalue weighted by Gasteiger charge is -1.98. The van der Waals surface area contributed by atoms with E-state index in [4.69, 9.17) is 0 Å². The second kappa shape index (κ2) is 5.06. The minimum atomic E-state index is -0.141. The summed E-state index contributed by atoms with van der Waals surface area (Å²) in [6.07, 6.45) is 0.891. The SMILES string of the molecule is CC(C=O)c1ccc(C(=O)c2ccccc2)s1. The van der Waals surface area contributed by atoms with Gasteiger partial charge in [0, 0.05) is 16.4 Å². The molecule has 0 saturated heterocycles. The highest BCUT2D eigenvalue weighted by Crippen LogP contribution is 2.25. The highest BCUT2D eigenvalue weighted by molar-refractivity contribution is 7.14. The molecule has 17 heavy (non-hydrogen) atoms. The number of hydrogen-bond donors (Lipinski definition) is 0. The van der Waals surface area contributed by atoms with Crippen molar-refractivity contribution in [2.75, 3.05) is 0 Å². The zero-order valence-corrected chi connectivity index (χ0v) is 10.2. The van der Waals surface area contributed by atoms with Gasteiger partial charge < -0.3 is 4.79 Å². The molecular formula is C14H12O2S. The summed E-state index contributed by atoms with van der Waals surface area (Å²) in [6, 6.07) is 12.8. The fourth-order valence-electron chi connectivity index (χ4n) is 1.52. The Bertz CT molecular complexity index is 528. The topological polar surface area (TPSA) is 34.1 Å². The smallest absolute Gasteiger partial charge is 0.202 e. The largest absolute Gasteiger partial charge is 0.303 e. The molecule has 0 aliphatic heterocycles. The van der Waals surface area contributed by atoms with Gasteiger partial charge in [-0.25, -0.2) is 0 Å². The Hall–Kier alpha value is -1.74. The van der Waals surface area contributed by atoms with E-state index in [2.05, 4.69) is 0 Å². The highest BCUT2D eigenvalue weighted by atomic mass is 32.1. The van der Waals surface area contributed by atoms with E-state index in [1.165, 1.54) is 11.3 Å².